The first-order valence-corrected chi connectivity index (χ1v) is 18.9. The minimum absolute atomic E-state index is 0.345. The second-order valence-electron chi connectivity index (χ2n) is 14.0. The van der Waals surface area contributed by atoms with Gasteiger partial charge in [0.1, 0.15) is 11.6 Å². The summed E-state index contributed by atoms with van der Waals surface area (Å²) in [7, 11) is -0.730. The molecule has 2 aromatic heterocycles. The Morgan fingerprint density at radius 2 is 1.10 bits per heavy atom. The summed E-state index contributed by atoms with van der Waals surface area (Å²) in [6, 6.07) is 19.7. The molecule has 266 valence electrons. The third-order valence-electron chi connectivity index (χ3n) is 10.1. The van der Waals surface area contributed by atoms with Crippen LogP contribution < -0.4 is 5.32 Å². The van der Waals surface area contributed by atoms with E-state index in [0.717, 1.165) is 91.7 Å². The van der Waals surface area contributed by atoms with Crippen molar-refractivity contribution in [3.8, 4) is 11.4 Å². The Kier molecular flexibility index (Phi) is 12.0. The predicted octanol–water partition coefficient (Wildman–Crippen LogP) is 6.01. The lowest BCUT2D eigenvalue weighted by atomic mass is 9.81. The van der Waals surface area contributed by atoms with Crippen LogP contribution in [0, 0.1) is 27.7 Å². The van der Waals surface area contributed by atoms with Gasteiger partial charge in [-0.15, -0.1) is 0 Å². The molecule has 0 bridgehead atoms. The zero-order valence-electron chi connectivity index (χ0n) is 30.8. The van der Waals surface area contributed by atoms with Crippen LogP contribution in [0.5, 0.6) is 0 Å². The summed E-state index contributed by atoms with van der Waals surface area (Å²) in [5, 5.41) is 22.6. The summed E-state index contributed by atoms with van der Waals surface area (Å²) < 4.78 is 5.39. The van der Waals surface area contributed by atoms with Gasteiger partial charge in [0.15, 0.2) is 0 Å². The van der Waals surface area contributed by atoms with E-state index in [2.05, 4.69) is 117 Å². The van der Waals surface area contributed by atoms with Gasteiger partial charge in [-0.1, -0.05) is 34.1 Å². The molecule has 8 rings (SSSR count). The number of aromatic nitrogens is 4. The monoisotopic (exact) mass is 749 g/mol. The summed E-state index contributed by atoms with van der Waals surface area (Å²) in [4.78, 5) is 13.1. The van der Waals surface area contributed by atoms with Gasteiger partial charge in [-0.2, -0.15) is 0 Å². The minimum Gasteiger partial charge on any atom is -0.437 e. The maximum absolute atomic E-state index is 9.75. The predicted molar refractivity (Wildman–Crippen MR) is 212 cm³/mol. The molecule has 9 nitrogen and oxygen atoms in total. The number of aryl methyl sites for hydroxylation is 4. The van der Waals surface area contributed by atoms with Crippen LogP contribution in [0.2, 0.25) is 13.6 Å². The van der Waals surface area contributed by atoms with E-state index in [1.807, 2.05) is 41.3 Å². The first-order valence-electron chi connectivity index (χ1n) is 18.1. The van der Waals surface area contributed by atoms with Crippen LogP contribution in [-0.4, -0.2) is 72.5 Å². The van der Waals surface area contributed by atoms with Gasteiger partial charge in [-0.05, 0) is 150 Å². The largest absolute Gasteiger partial charge is 0.437 e. The SMILES string of the molecule is CB(O)N1CCc2ccc(-n3cc(C)nc3C)cc2C1.CB(O)N1CCc2ccc(Br)cc2C1.Cc1cn(-c2ccc3c(c2)CNCC3)c(C)n1. The number of rotatable bonds is 4. The fourth-order valence-electron chi connectivity index (χ4n) is 7.28. The van der Waals surface area contributed by atoms with Crippen molar-refractivity contribution < 1.29 is 10.0 Å². The number of nitrogens with one attached hydrogen (secondary N) is 1. The first-order chi connectivity index (χ1) is 24.4. The second kappa shape index (κ2) is 16.4. The number of hydrogen-bond donors (Lipinski definition) is 3. The topological polar surface area (TPSA) is 94.6 Å². The summed E-state index contributed by atoms with van der Waals surface area (Å²) >= 11 is 3.47. The van der Waals surface area contributed by atoms with Crippen molar-refractivity contribution in [2.45, 2.75) is 80.2 Å². The smallest absolute Gasteiger partial charge is 0.376 e. The molecule has 3 aliphatic heterocycles. The van der Waals surface area contributed by atoms with E-state index in [1.54, 1.807) is 0 Å². The van der Waals surface area contributed by atoms with Crippen molar-refractivity contribution in [3.05, 3.63) is 128 Å². The summed E-state index contributed by atoms with van der Waals surface area (Å²) in [6.07, 6.45) is 7.33. The normalized spacial score (nSPS) is 15.4. The van der Waals surface area contributed by atoms with Gasteiger partial charge in [0.25, 0.3) is 0 Å². The molecular weight excluding hydrogens is 700 g/mol. The van der Waals surface area contributed by atoms with E-state index in [4.69, 9.17) is 0 Å². The molecule has 0 saturated carbocycles. The zero-order valence-corrected chi connectivity index (χ0v) is 32.4. The van der Waals surface area contributed by atoms with Crippen LogP contribution in [-0.2, 0) is 38.9 Å². The average Bonchev–Trinajstić information content (AvgIpc) is 3.65. The van der Waals surface area contributed by atoms with Gasteiger partial charge in [0.2, 0.25) is 0 Å². The number of nitrogens with zero attached hydrogens (tertiary/aromatic N) is 6. The molecule has 3 aromatic carbocycles. The average molecular weight is 750 g/mol. The molecule has 0 atom stereocenters. The molecule has 3 aliphatic rings. The van der Waals surface area contributed by atoms with E-state index in [0.29, 0.717) is 0 Å². The van der Waals surface area contributed by atoms with Gasteiger partial charge in [0, 0.05) is 47.9 Å². The van der Waals surface area contributed by atoms with Crippen molar-refractivity contribution in [2.24, 2.45) is 0 Å². The number of fused-ring (bicyclic) bond motifs is 3. The van der Waals surface area contributed by atoms with Gasteiger partial charge in [-0.3, -0.25) is 0 Å². The minimum atomic E-state index is -0.385. The lowest BCUT2D eigenvalue weighted by Crippen LogP contribution is -2.40. The number of hydrogen-bond acceptors (Lipinski definition) is 7. The van der Waals surface area contributed by atoms with Crippen LogP contribution in [0.1, 0.15) is 56.4 Å². The lowest BCUT2D eigenvalue weighted by molar-refractivity contribution is 0.347. The molecule has 0 fully saturated rings. The highest BCUT2D eigenvalue weighted by atomic mass is 79.9. The van der Waals surface area contributed by atoms with Crippen molar-refractivity contribution in [2.75, 3.05) is 19.6 Å². The van der Waals surface area contributed by atoms with Gasteiger partial charge in [0.05, 0.1) is 11.4 Å². The van der Waals surface area contributed by atoms with Crippen molar-refractivity contribution in [1.29, 1.82) is 0 Å². The number of benzene rings is 3. The van der Waals surface area contributed by atoms with Crippen LogP contribution in [0.3, 0.4) is 0 Å². The molecule has 0 saturated heterocycles. The lowest BCUT2D eigenvalue weighted by Gasteiger charge is -2.29. The van der Waals surface area contributed by atoms with E-state index >= 15 is 0 Å². The molecule has 0 radical (unpaired) electrons. The van der Waals surface area contributed by atoms with Gasteiger partial charge >= 0.3 is 14.1 Å². The Morgan fingerprint density at radius 1 is 0.627 bits per heavy atom. The molecule has 0 spiro atoms. The van der Waals surface area contributed by atoms with Crippen molar-refractivity contribution in [3.63, 3.8) is 0 Å². The molecule has 3 N–H and O–H groups in total. The first kappa shape index (κ1) is 37.3. The van der Waals surface area contributed by atoms with E-state index in [1.165, 1.54) is 39.1 Å². The maximum Gasteiger partial charge on any atom is 0.376 e. The van der Waals surface area contributed by atoms with Crippen LogP contribution >= 0.6 is 15.9 Å². The molecule has 51 heavy (non-hydrogen) atoms. The van der Waals surface area contributed by atoms with Crippen molar-refractivity contribution in [1.82, 2.24) is 34.0 Å². The fourth-order valence-corrected chi connectivity index (χ4v) is 7.68. The van der Waals surface area contributed by atoms with E-state index < -0.39 is 0 Å². The highest BCUT2D eigenvalue weighted by molar-refractivity contribution is 9.10. The van der Waals surface area contributed by atoms with Crippen LogP contribution in [0.4, 0.5) is 0 Å². The molecule has 5 aromatic rings. The third kappa shape index (κ3) is 9.11. The van der Waals surface area contributed by atoms with Gasteiger partial charge < -0.3 is 34.1 Å². The highest BCUT2D eigenvalue weighted by Crippen LogP contribution is 2.25. The second-order valence-corrected chi connectivity index (χ2v) is 15.0. The molecule has 0 aliphatic carbocycles. The number of halogens is 1. The molecular formula is C39H50B2BrN7O2. The zero-order chi connectivity index (χ0) is 36.2. The Bertz CT molecular complexity index is 1980. The van der Waals surface area contributed by atoms with Crippen LogP contribution in [0.25, 0.3) is 11.4 Å². The third-order valence-corrected chi connectivity index (χ3v) is 10.6. The highest BCUT2D eigenvalue weighted by Gasteiger charge is 2.23. The van der Waals surface area contributed by atoms with Crippen LogP contribution in [0.15, 0.2) is 71.5 Å². The molecule has 12 heteroatoms. The summed E-state index contributed by atoms with van der Waals surface area (Å²) in [5.74, 6) is 2.05. The summed E-state index contributed by atoms with van der Waals surface area (Å²) in [5.41, 5.74) is 12.8. The molecule has 5 heterocycles. The van der Waals surface area contributed by atoms with Crippen molar-refractivity contribution >= 4 is 30.0 Å². The quantitative estimate of drug-likeness (QED) is 0.194. The summed E-state index contributed by atoms with van der Waals surface area (Å²) in [6.45, 7) is 17.4. The van der Waals surface area contributed by atoms with E-state index in [9.17, 15) is 10.0 Å². The van der Waals surface area contributed by atoms with E-state index in [-0.39, 0.29) is 14.1 Å². The Hall–Kier alpha value is -3.51. The standard InChI is InChI=1S/C15H20BN3O.C14H17N3.C10H13BBrNO/c1-11-9-19(12(2)17-11)15-5-4-13-6-7-18(16(3)20)10-14(13)8-15;1-10-9-17(11(2)16-10)14-4-3-12-5-6-15-8-13(12)7-14;1-11(14)13-5-4-8-2-3-10(12)6-9(8)7-13/h4-5,8-9,20H,6-7,10H2,1-3H3;3-4,7,9,15H,5-6,8H2,1-2H3;2-3,6,14H,4-5,7H2,1H3. The molecule has 0 unspecified atom stereocenters. The fraction of sp³-hybridized carbons (Fsp3) is 0.385. The van der Waals surface area contributed by atoms with Gasteiger partial charge in [-0.25, -0.2) is 9.97 Å². The Balaban J connectivity index is 0.000000134. The number of imidazole rings is 2. The Labute approximate surface area is 312 Å². The molecule has 0 amide bonds. The Morgan fingerprint density at radius 3 is 1.59 bits per heavy atom. The maximum atomic E-state index is 9.75.